The number of nitrogens with zero attached hydrogens (tertiary/aromatic N) is 1. The summed E-state index contributed by atoms with van der Waals surface area (Å²) in [5.41, 5.74) is 7.02. The van der Waals surface area contributed by atoms with Crippen LogP contribution in [-0.4, -0.2) is 30.7 Å². The average molecular weight is 205 g/mol. The maximum absolute atomic E-state index is 5.65. The van der Waals surface area contributed by atoms with Crippen LogP contribution in [0.2, 0.25) is 0 Å². The van der Waals surface area contributed by atoms with Gasteiger partial charge in [-0.25, -0.2) is 0 Å². The molecule has 0 bridgehead atoms. The Kier molecular flexibility index (Phi) is 3.36. The zero-order chi connectivity index (χ0) is 10.7. The average Bonchev–Trinajstić information content (AvgIpc) is 2.78. The van der Waals surface area contributed by atoms with Crippen LogP contribution >= 0.6 is 0 Å². The number of benzene rings is 1. The molecule has 0 amide bonds. The van der Waals surface area contributed by atoms with E-state index in [4.69, 9.17) is 5.73 Å². The van der Waals surface area contributed by atoms with Crippen LogP contribution in [0, 0.1) is 0 Å². The molecule has 1 aliphatic heterocycles. The largest absolute Gasteiger partial charge is 0.329 e. The lowest BCUT2D eigenvalue weighted by Gasteiger charge is -2.23. The van der Waals surface area contributed by atoms with Crippen molar-refractivity contribution in [2.75, 3.05) is 19.8 Å². The van der Waals surface area contributed by atoms with Crippen LogP contribution in [0.3, 0.4) is 0 Å². The van der Waals surface area contributed by atoms with Gasteiger partial charge in [-0.1, -0.05) is 30.3 Å². The van der Waals surface area contributed by atoms with Crippen molar-refractivity contribution >= 4 is 0 Å². The topological polar surface area (TPSA) is 41.3 Å². The molecule has 3 heteroatoms. The van der Waals surface area contributed by atoms with Crippen molar-refractivity contribution in [2.45, 2.75) is 19.0 Å². The minimum Gasteiger partial charge on any atom is -0.329 e. The van der Waals surface area contributed by atoms with Crippen molar-refractivity contribution in [1.29, 1.82) is 0 Å². The van der Waals surface area contributed by atoms with Crippen LogP contribution < -0.4 is 11.1 Å². The lowest BCUT2D eigenvalue weighted by molar-refractivity contribution is 0.256. The second kappa shape index (κ2) is 4.75. The minimum atomic E-state index is 0.455. The Morgan fingerprint density at radius 3 is 2.80 bits per heavy atom. The molecule has 0 aliphatic carbocycles. The molecule has 1 aromatic carbocycles. The van der Waals surface area contributed by atoms with Crippen molar-refractivity contribution in [3.05, 3.63) is 35.9 Å². The highest BCUT2D eigenvalue weighted by molar-refractivity contribution is 5.18. The van der Waals surface area contributed by atoms with E-state index in [-0.39, 0.29) is 0 Å². The first-order chi connectivity index (χ1) is 7.31. The molecule has 2 unspecified atom stereocenters. The Morgan fingerprint density at radius 1 is 1.47 bits per heavy atom. The Labute approximate surface area is 91.3 Å². The summed E-state index contributed by atoms with van der Waals surface area (Å²) in [7, 11) is 0. The molecular weight excluding hydrogens is 186 g/mol. The molecule has 1 aromatic rings. The summed E-state index contributed by atoms with van der Waals surface area (Å²) in [6.07, 6.45) is 0. The third kappa shape index (κ3) is 2.37. The maximum Gasteiger partial charge on any atom is 0.0489 e. The monoisotopic (exact) mass is 205 g/mol. The molecule has 2 rings (SSSR count). The lowest BCUT2D eigenvalue weighted by atomic mass is 10.1. The third-order valence-electron chi connectivity index (χ3n) is 3.15. The second-order valence-electron chi connectivity index (χ2n) is 4.15. The quantitative estimate of drug-likeness (QED) is 0.771. The van der Waals surface area contributed by atoms with E-state index < -0.39 is 0 Å². The van der Waals surface area contributed by atoms with Gasteiger partial charge in [0.15, 0.2) is 0 Å². The van der Waals surface area contributed by atoms with Crippen LogP contribution in [0.25, 0.3) is 0 Å². The smallest absolute Gasteiger partial charge is 0.0489 e. The van der Waals surface area contributed by atoms with E-state index in [9.17, 15) is 0 Å². The van der Waals surface area contributed by atoms with Crippen LogP contribution in [0.4, 0.5) is 0 Å². The molecule has 2 atom stereocenters. The fourth-order valence-corrected chi connectivity index (χ4v) is 2.05. The fourth-order valence-electron chi connectivity index (χ4n) is 2.05. The summed E-state index contributed by atoms with van der Waals surface area (Å²) in [5.74, 6) is 0. The predicted molar refractivity (Wildman–Crippen MR) is 62.4 cm³/mol. The molecule has 15 heavy (non-hydrogen) atoms. The molecule has 0 radical (unpaired) electrons. The molecule has 1 aliphatic rings. The van der Waals surface area contributed by atoms with Crippen molar-refractivity contribution in [3.8, 4) is 0 Å². The summed E-state index contributed by atoms with van der Waals surface area (Å²) < 4.78 is 0. The Balaban J connectivity index is 2.00. The Hall–Kier alpha value is -0.900. The third-order valence-corrected chi connectivity index (χ3v) is 3.15. The van der Waals surface area contributed by atoms with Crippen molar-refractivity contribution in [3.63, 3.8) is 0 Å². The molecule has 3 nitrogen and oxygen atoms in total. The highest BCUT2D eigenvalue weighted by atomic mass is 15.3. The van der Waals surface area contributed by atoms with E-state index >= 15 is 0 Å². The molecule has 0 saturated carbocycles. The molecule has 0 aromatic heterocycles. The van der Waals surface area contributed by atoms with Crippen LogP contribution in [0.15, 0.2) is 30.3 Å². The molecule has 1 heterocycles. The highest BCUT2D eigenvalue weighted by Gasteiger charge is 2.24. The van der Waals surface area contributed by atoms with Crippen LogP contribution in [0.1, 0.15) is 18.5 Å². The van der Waals surface area contributed by atoms with E-state index in [1.54, 1.807) is 0 Å². The number of rotatable bonds is 3. The second-order valence-corrected chi connectivity index (χ2v) is 4.15. The SMILES string of the molecule is CC(c1ccccc1)N1CNC(CN)C1. The van der Waals surface area contributed by atoms with Gasteiger partial charge in [-0.05, 0) is 12.5 Å². The summed E-state index contributed by atoms with van der Waals surface area (Å²) in [6.45, 7) is 4.96. The summed E-state index contributed by atoms with van der Waals surface area (Å²) in [5, 5.41) is 3.41. The molecule has 1 fully saturated rings. The van der Waals surface area contributed by atoms with E-state index in [0.29, 0.717) is 12.1 Å². The highest BCUT2D eigenvalue weighted by Crippen LogP contribution is 2.21. The van der Waals surface area contributed by atoms with Gasteiger partial charge in [-0.15, -0.1) is 0 Å². The van der Waals surface area contributed by atoms with Gasteiger partial charge < -0.3 is 5.73 Å². The minimum absolute atomic E-state index is 0.455. The van der Waals surface area contributed by atoms with E-state index in [1.165, 1.54) is 5.56 Å². The lowest BCUT2D eigenvalue weighted by Crippen LogP contribution is -2.32. The summed E-state index contributed by atoms with van der Waals surface area (Å²) in [6, 6.07) is 11.5. The molecular formula is C12H19N3. The first kappa shape index (κ1) is 10.6. The summed E-state index contributed by atoms with van der Waals surface area (Å²) >= 11 is 0. The van der Waals surface area contributed by atoms with Gasteiger partial charge in [0.1, 0.15) is 0 Å². The Morgan fingerprint density at radius 2 is 2.20 bits per heavy atom. The van der Waals surface area contributed by atoms with E-state index in [2.05, 4.69) is 47.5 Å². The fraction of sp³-hybridized carbons (Fsp3) is 0.500. The zero-order valence-corrected chi connectivity index (χ0v) is 9.19. The zero-order valence-electron chi connectivity index (χ0n) is 9.19. The maximum atomic E-state index is 5.65. The van der Waals surface area contributed by atoms with Crippen LogP contribution in [-0.2, 0) is 0 Å². The molecule has 1 saturated heterocycles. The van der Waals surface area contributed by atoms with Gasteiger partial charge >= 0.3 is 0 Å². The number of hydrogen-bond acceptors (Lipinski definition) is 3. The number of nitrogens with two attached hydrogens (primary N) is 1. The van der Waals surface area contributed by atoms with Gasteiger partial charge in [-0.3, -0.25) is 10.2 Å². The standard InChI is InChI=1S/C12H19N3/c1-10(11-5-3-2-4-6-11)15-8-12(7-13)14-9-15/h2-6,10,12,14H,7-9,13H2,1H3. The van der Waals surface area contributed by atoms with Crippen LogP contribution in [0.5, 0.6) is 0 Å². The van der Waals surface area contributed by atoms with Gasteiger partial charge in [-0.2, -0.15) is 0 Å². The van der Waals surface area contributed by atoms with Gasteiger partial charge in [0.05, 0.1) is 0 Å². The molecule has 3 N–H and O–H groups in total. The molecule has 0 spiro atoms. The van der Waals surface area contributed by atoms with E-state index in [1.807, 2.05) is 0 Å². The Bertz CT molecular complexity index is 299. The predicted octanol–water partition coefficient (Wildman–Crippen LogP) is 0.938. The summed E-state index contributed by atoms with van der Waals surface area (Å²) in [4.78, 5) is 2.42. The first-order valence-electron chi connectivity index (χ1n) is 5.53. The van der Waals surface area contributed by atoms with Crippen molar-refractivity contribution in [2.24, 2.45) is 5.73 Å². The number of nitrogens with one attached hydrogen (secondary N) is 1. The van der Waals surface area contributed by atoms with Gasteiger partial charge in [0.25, 0.3) is 0 Å². The van der Waals surface area contributed by atoms with Crippen molar-refractivity contribution in [1.82, 2.24) is 10.2 Å². The van der Waals surface area contributed by atoms with Gasteiger partial charge in [0, 0.05) is 31.8 Å². The van der Waals surface area contributed by atoms with Crippen molar-refractivity contribution < 1.29 is 0 Å². The number of hydrogen-bond donors (Lipinski definition) is 2. The normalized spacial score (nSPS) is 24.3. The molecule has 82 valence electrons. The van der Waals surface area contributed by atoms with Gasteiger partial charge in [0.2, 0.25) is 0 Å². The first-order valence-corrected chi connectivity index (χ1v) is 5.53. The van der Waals surface area contributed by atoms with E-state index in [0.717, 1.165) is 19.8 Å².